The van der Waals surface area contributed by atoms with Crippen molar-refractivity contribution in [1.82, 2.24) is 5.43 Å². The lowest BCUT2D eigenvalue weighted by Crippen LogP contribution is -2.42. The zero-order chi connectivity index (χ0) is 17.2. The lowest BCUT2D eigenvalue weighted by atomic mass is 10.2. The quantitative estimate of drug-likeness (QED) is 0.511. The number of hydrogen-bond acceptors (Lipinski definition) is 5. The summed E-state index contributed by atoms with van der Waals surface area (Å²) in [4.78, 5) is 11.3. The molecule has 0 spiro atoms. The first-order chi connectivity index (χ1) is 11.0. The van der Waals surface area contributed by atoms with Gasteiger partial charge < -0.3 is 17.2 Å². The van der Waals surface area contributed by atoms with Crippen molar-refractivity contribution in [1.29, 1.82) is 0 Å². The molecule has 0 saturated heterocycles. The van der Waals surface area contributed by atoms with Crippen LogP contribution in [0, 0.1) is 0 Å². The molecule has 0 bridgehead atoms. The van der Waals surface area contributed by atoms with Gasteiger partial charge in [0, 0.05) is 24.3 Å². The van der Waals surface area contributed by atoms with E-state index in [0.29, 0.717) is 24.3 Å². The van der Waals surface area contributed by atoms with Crippen molar-refractivity contribution in [3.8, 4) is 0 Å². The van der Waals surface area contributed by atoms with Crippen LogP contribution in [0.15, 0.2) is 48.5 Å². The van der Waals surface area contributed by atoms with Gasteiger partial charge in [-0.05, 0) is 37.3 Å². The fourth-order valence-corrected chi connectivity index (χ4v) is 1.81. The van der Waals surface area contributed by atoms with E-state index in [4.69, 9.17) is 17.2 Å². The number of carbonyl (C=O) groups excluding carboxylic acids is 1. The number of anilines is 4. The SMILES string of the molecule is CCC(=O)NN(CC)c1ccc(N)cc1N.Nc1ccccc1. The summed E-state index contributed by atoms with van der Waals surface area (Å²) < 4.78 is 0. The van der Waals surface area contributed by atoms with Crippen molar-refractivity contribution in [3.63, 3.8) is 0 Å². The molecule has 23 heavy (non-hydrogen) atoms. The van der Waals surface area contributed by atoms with Gasteiger partial charge >= 0.3 is 0 Å². The number of hydrazine groups is 1. The molecule has 0 fully saturated rings. The van der Waals surface area contributed by atoms with E-state index in [1.807, 2.05) is 37.3 Å². The Kier molecular flexibility index (Phi) is 7.26. The van der Waals surface area contributed by atoms with Crippen molar-refractivity contribution in [2.24, 2.45) is 0 Å². The van der Waals surface area contributed by atoms with Crippen LogP contribution in [0.1, 0.15) is 20.3 Å². The number of amides is 1. The molecule has 0 aliphatic heterocycles. The van der Waals surface area contributed by atoms with Gasteiger partial charge in [-0.25, -0.2) is 0 Å². The molecular weight excluding hydrogens is 290 g/mol. The number of nitrogens with one attached hydrogen (secondary N) is 1. The van der Waals surface area contributed by atoms with Crippen LogP contribution in [0.2, 0.25) is 0 Å². The number of hydrogen-bond donors (Lipinski definition) is 4. The molecule has 1 amide bonds. The maximum absolute atomic E-state index is 11.3. The molecule has 0 radical (unpaired) electrons. The highest BCUT2D eigenvalue weighted by Crippen LogP contribution is 2.23. The number of nitrogens with zero attached hydrogens (tertiary/aromatic N) is 1. The van der Waals surface area contributed by atoms with E-state index in [9.17, 15) is 4.79 Å². The molecule has 2 aromatic carbocycles. The molecule has 0 aliphatic rings. The first-order valence-electron chi connectivity index (χ1n) is 7.50. The number of rotatable bonds is 4. The molecule has 0 unspecified atom stereocenters. The fraction of sp³-hybridized carbons (Fsp3) is 0.235. The molecule has 0 aromatic heterocycles. The monoisotopic (exact) mass is 315 g/mol. The number of nitrogens with two attached hydrogens (primary N) is 3. The summed E-state index contributed by atoms with van der Waals surface area (Å²) in [5.74, 6) is -0.0434. The summed E-state index contributed by atoms with van der Waals surface area (Å²) in [5, 5.41) is 1.71. The average molecular weight is 315 g/mol. The van der Waals surface area contributed by atoms with Gasteiger partial charge in [0.15, 0.2) is 0 Å². The van der Waals surface area contributed by atoms with Crippen molar-refractivity contribution >= 4 is 28.7 Å². The van der Waals surface area contributed by atoms with Crippen LogP contribution in [0.5, 0.6) is 0 Å². The van der Waals surface area contributed by atoms with Crippen LogP contribution < -0.4 is 27.6 Å². The maximum atomic E-state index is 11.3. The molecular formula is C17H25N5O. The van der Waals surface area contributed by atoms with Gasteiger partial charge in [0.1, 0.15) is 0 Å². The van der Waals surface area contributed by atoms with E-state index < -0.39 is 0 Å². The van der Waals surface area contributed by atoms with E-state index >= 15 is 0 Å². The average Bonchev–Trinajstić information content (AvgIpc) is 2.54. The van der Waals surface area contributed by atoms with Crippen LogP contribution >= 0.6 is 0 Å². The molecule has 0 saturated carbocycles. The van der Waals surface area contributed by atoms with Gasteiger partial charge in [-0.15, -0.1) is 0 Å². The minimum absolute atomic E-state index is 0.0434. The predicted molar refractivity (Wildman–Crippen MR) is 97.6 cm³/mol. The normalized spacial score (nSPS) is 9.48. The Morgan fingerprint density at radius 3 is 2.09 bits per heavy atom. The molecule has 0 aliphatic carbocycles. The predicted octanol–water partition coefficient (Wildman–Crippen LogP) is 2.39. The third kappa shape index (κ3) is 6.17. The minimum Gasteiger partial charge on any atom is -0.399 e. The number of nitrogen functional groups attached to an aromatic ring is 3. The Morgan fingerprint density at radius 2 is 1.65 bits per heavy atom. The third-order valence-corrected chi connectivity index (χ3v) is 3.04. The Morgan fingerprint density at radius 1 is 1.00 bits per heavy atom. The summed E-state index contributed by atoms with van der Waals surface area (Å²) in [7, 11) is 0. The summed E-state index contributed by atoms with van der Waals surface area (Å²) in [5.41, 5.74) is 22.3. The highest BCUT2D eigenvalue weighted by atomic mass is 16.2. The van der Waals surface area contributed by atoms with Gasteiger partial charge in [-0.3, -0.25) is 15.2 Å². The van der Waals surface area contributed by atoms with Crippen LogP contribution in [-0.2, 0) is 4.79 Å². The van der Waals surface area contributed by atoms with E-state index in [1.54, 1.807) is 30.1 Å². The summed E-state index contributed by atoms with van der Waals surface area (Å²) in [6.45, 7) is 4.38. The smallest absolute Gasteiger partial charge is 0.238 e. The van der Waals surface area contributed by atoms with Crippen molar-refractivity contribution in [2.45, 2.75) is 20.3 Å². The first-order valence-corrected chi connectivity index (χ1v) is 7.50. The second kappa shape index (κ2) is 9.19. The molecule has 2 aromatic rings. The van der Waals surface area contributed by atoms with E-state index in [-0.39, 0.29) is 5.91 Å². The van der Waals surface area contributed by atoms with Crippen LogP contribution in [0.3, 0.4) is 0 Å². The zero-order valence-corrected chi connectivity index (χ0v) is 13.6. The number of carbonyl (C=O) groups is 1. The minimum atomic E-state index is -0.0434. The Hall–Kier alpha value is -2.89. The molecule has 0 heterocycles. The standard InChI is InChI=1S/C11H18N4O.C6H7N/c1-3-11(16)14-15(4-2)10-6-5-8(12)7-9(10)13;7-6-4-2-1-3-5-6/h5-7H,3-4,12-13H2,1-2H3,(H,14,16);1-5H,7H2. The van der Waals surface area contributed by atoms with E-state index in [2.05, 4.69) is 5.43 Å². The highest BCUT2D eigenvalue weighted by Gasteiger charge is 2.10. The van der Waals surface area contributed by atoms with Crippen LogP contribution in [0.4, 0.5) is 22.7 Å². The molecule has 0 atom stereocenters. The lowest BCUT2D eigenvalue weighted by Gasteiger charge is -2.25. The van der Waals surface area contributed by atoms with Gasteiger partial charge in [-0.1, -0.05) is 25.1 Å². The fourth-order valence-electron chi connectivity index (χ4n) is 1.81. The van der Waals surface area contributed by atoms with Crippen LogP contribution in [0.25, 0.3) is 0 Å². The number of para-hydroxylation sites is 1. The maximum Gasteiger partial charge on any atom is 0.238 e. The Balaban J connectivity index is 0.000000313. The van der Waals surface area contributed by atoms with Crippen LogP contribution in [-0.4, -0.2) is 12.5 Å². The second-order valence-electron chi connectivity index (χ2n) is 4.86. The molecule has 124 valence electrons. The highest BCUT2D eigenvalue weighted by molar-refractivity contribution is 5.80. The van der Waals surface area contributed by atoms with Gasteiger partial charge in [0.2, 0.25) is 5.91 Å². The summed E-state index contributed by atoms with van der Waals surface area (Å²) >= 11 is 0. The van der Waals surface area contributed by atoms with Gasteiger partial charge in [0.25, 0.3) is 0 Å². The van der Waals surface area contributed by atoms with Crippen molar-refractivity contribution in [2.75, 3.05) is 28.8 Å². The third-order valence-electron chi connectivity index (χ3n) is 3.04. The Labute approximate surface area is 137 Å². The van der Waals surface area contributed by atoms with Gasteiger partial charge in [0.05, 0.1) is 11.4 Å². The Bertz CT molecular complexity index is 616. The van der Waals surface area contributed by atoms with E-state index in [1.165, 1.54) is 0 Å². The molecule has 6 nitrogen and oxygen atoms in total. The number of benzene rings is 2. The topological polar surface area (TPSA) is 110 Å². The molecule has 6 heteroatoms. The first kappa shape index (κ1) is 18.2. The zero-order valence-electron chi connectivity index (χ0n) is 13.6. The largest absolute Gasteiger partial charge is 0.399 e. The van der Waals surface area contributed by atoms with Crippen molar-refractivity contribution < 1.29 is 4.79 Å². The lowest BCUT2D eigenvalue weighted by molar-refractivity contribution is -0.120. The van der Waals surface area contributed by atoms with E-state index in [0.717, 1.165) is 11.4 Å². The summed E-state index contributed by atoms with van der Waals surface area (Å²) in [6, 6.07) is 14.7. The second-order valence-corrected chi connectivity index (χ2v) is 4.86. The molecule has 7 N–H and O–H groups in total. The van der Waals surface area contributed by atoms with Crippen molar-refractivity contribution in [3.05, 3.63) is 48.5 Å². The summed E-state index contributed by atoms with van der Waals surface area (Å²) in [6.07, 6.45) is 0.436. The van der Waals surface area contributed by atoms with Gasteiger partial charge in [-0.2, -0.15) is 0 Å². The molecule has 2 rings (SSSR count).